The van der Waals surface area contributed by atoms with Crippen molar-refractivity contribution in [1.29, 1.82) is 0 Å². The van der Waals surface area contributed by atoms with Gasteiger partial charge in [-0.25, -0.2) is 4.98 Å². The molecule has 0 aliphatic carbocycles. The first-order valence-corrected chi connectivity index (χ1v) is 6.56. The van der Waals surface area contributed by atoms with E-state index in [4.69, 9.17) is 4.74 Å². The summed E-state index contributed by atoms with van der Waals surface area (Å²) in [5.41, 5.74) is 1.35. The molecule has 1 aromatic carbocycles. The fraction of sp³-hybridized carbons (Fsp3) is 0.400. The van der Waals surface area contributed by atoms with Gasteiger partial charge in [0.15, 0.2) is 0 Å². The highest BCUT2D eigenvalue weighted by molar-refractivity contribution is 5.28. The quantitative estimate of drug-likeness (QED) is 0.699. The lowest BCUT2D eigenvalue weighted by atomic mass is 10.1. The van der Waals surface area contributed by atoms with Gasteiger partial charge in [-0.05, 0) is 30.5 Å². The summed E-state index contributed by atoms with van der Waals surface area (Å²) in [5.74, 6) is 0.978. The fourth-order valence-corrected chi connectivity index (χ4v) is 1.94. The molecule has 0 bridgehead atoms. The Balaban J connectivity index is 1.74. The Morgan fingerprint density at radius 2 is 2.28 bits per heavy atom. The lowest BCUT2D eigenvalue weighted by Gasteiger charge is -2.08. The van der Waals surface area contributed by atoms with Crippen molar-refractivity contribution >= 4 is 0 Å². The lowest BCUT2D eigenvalue weighted by Crippen LogP contribution is -2.03. The Morgan fingerprint density at radius 3 is 3.06 bits per heavy atom. The zero-order chi connectivity index (χ0) is 12.6. The van der Waals surface area contributed by atoms with Crippen LogP contribution in [0, 0.1) is 0 Å². The van der Waals surface area contributed by atoms with E-state index in [-0.39, 0.29) is 0 Å². The molecule has 2 aromatic rings. The van der Waals surface area contributed by atoms with Crippen LogP contribution in [0.3, 0.4) is 0 Å². The number of rotatable bonds is 7. The Morgan fingerprint density at radius 1 is 1.33 bits per heavy atom. The summed E-state index contributed by atoms with van der Waals surface area (Å²) in [6.45, 7) is 3.89. The molecule has 0 radical (unpaired) electrons. The predicted octanol–water partition coefficient (Wildman–Crippen LogP) is 3.30. The van der Waals surface area contributed by atoms with Gasteiger partial charge in [0, 0.05) is 18.9 Å². The van der Waals surface area contributed by atoms with Crippen LogP contribution in [0.5, 0.6) is 5.75 Å². The van der Waals surface area contributed by atoms with E-state index in [0.717, 1.165) is 31.7 Å². The number of ether oxygens (including phenoxy) is 1. The van der Waals surface area contributed by atoms with Crippen LogP contribution in [0.15, 0.2) is 43.0 Å². The molecule has 0 aliphatic heterocycles. The third-order valence-electron chi connectivity index (χ3n) is 2.83. The highest BCUT2D eigenvalue weighted by Crippen LogP contribution is 2.14. The summed E-state index contributed by atoms with van der Waals surface area (Å²) in [6.07, 6.45) is 8.89. The summed E-state index contributed by atoms with van der Waals surface area (Å²) >= 11 is 0. The van der Waals surface area contributed by atoms with Crippen LogP contribution in [0.4, 0.5) is 0 Å². The predicted molar refractivity (Wildman–Crippen MR) is 72.8 cm³/mol. The highest BCUT2D eigenvalue weighted by Gasteiger charge is 1.97. The van der Waals surface area contributed by atoms with Gasteiger partial charge in [0.2, 0.25) is 0 Å². The minimum Gasteiger partial charge on any atom is -0.494 e. The second-order valence-electron chi connectivity index (χ2n) is 4.40. The number of aryl methyl sites for hydroxylation is 2. The molecule has 96 valence electrons. The van der Waals surface area contributed by atoms with Crippen LogP contribution in [0.2, 0.25) is 0 Å². The smallest absolute Gasteiger partial charge is 0.119 e. The van der Waals surface area contributed by atoms with E-state index >= 15 is 0 Å². The molecule has 0 aliphatic rings. The van der Waals surface area contributed by atoms with Crippen molar-refractivity contribution in [3.8, 4) is 5.75 Å². The van der Waals surface area contributed by atoms with Gasteiger partial charge in [0.1, 0.15) is 5.75 Å². The monoisotopic (exact) mass is 244 g/mol. The first-order chi connectivity index (χ1) is 8.88. The Hall–Kier alpha value is -1.77. The first kappa shape index (κ1) is 12.7. The van der Waals surface area contributed by atoms with Gasteiger partial charge < -0.3 is 9.30 Å². The van der Waals surface area contributed by atoms with Crippen molar-refractivity contribution in [2.24, 2.45) is 0 Å². The molecule has 0 fully saturated rings. The normalized spacial score (nSPS) is 10.5. The maximum atomic E-state index is 5.76. The van der Waals surface area contributed by atoms with Crippen LogP contribution in [-0.2, 0) is 13.0 Å². The topological polar surface area (TPSA) is 27.1 Å². The van der Waals surface area contributed by atoms with Crippen molar-refractivity contribution in [3.05, 3.63) is 48.5 Å². The molecule has 1 heterocycles. The third-order valence-corrected chi connectivity index (χ3v) is 2.83. The average molecular weight is 244 g/mol. The van der Waals surface area contributed by atoms with Crippen molar-refractivity contribution in [1.82, 2.24) is 9.55 Å². The minimum absolute atomic E-state index is 0.744. The van der Waals surface area contributed by atoms with Crippen LogP contribution in [0.1, 0.15) is 25.3 Å². The summed E-state index contributed by atoms with van der Waals surface area (Å²) < 4.78 is 7.82. The lowest BCUT2D eigenvalue weighted by molar-refractivity contribution is 0.301. The SMILES string of the molecule is CCCc1cccc(OCCCn2ccnc2)c1. The van der Waals surface area contributed by atoms with Crippen molar-refractivity contribution in [2.75, 3.05) is 6.61 Å². The van der Waals surface area contributed by atoms with E-state index in [1.807, 2.05) is 18.6 Å². The number of hydrogen-bond donors (Lipinski definition) is 0. The molecule has 18 heavy (non-hydrogen) atoms. The molecule has 0 unspecified atom stereocenters. The molecule has 2 rings (SSSR count). The second kappa shape index (κ2) is 6.84. The average Bonchev–Trinajstić information content (AvgIpc) is 2.89. The van der Waals surface area contributed by atoms with Gasteiger partial charge in [-0.3, -0.25) is 0 Å². The zero-order valence-electron chi connectivity index (χ0n) is 10.9. The van der Waals surface area contributed by atoms with Gasteiger partial charge in [0.05, 0.1) is 12.9 Å². The molecule has 0 spiro atoms. The standard InChI is InChI=1S/C15H20N2O/c1-2-5-14-6-3-7-15(12-14)18-11-4-9-17-10-8-16-13-17/h3,6-8,10,12-13H,2,4-5,9,11H2,1H3. The van der Waals surface area contributed by atoms with Crippen molar-refractivity contribution in [2.45, 2.75) is 32.7 Å². The van der Waals surface area contributed by atoms with E-state index in [2.05, 4.69) is 34.7 Å². The maximum absolute atomic E-state index is 5.76. The van der Waals surface area contributed by atoms with E-state index in [9.17, 15) is 0 Å². The molecule has 0 N–H and O–H groups in total. The highest BCUT2D eigenvalue weighted by atomic mass is 16.5. The zero-order valence-corrected chi connectivity index (χ0v) is 10.9. The van der Waals surface area contributed by atoms with Crippen molar-refractivity contribution < 1.29 is 4.74 Å². The Bertz CT molecular complexity index is 451. The van der Waals surface area contributed by atoms with Gasteiger partial charge in [-0.1, -0.05) is 25.5 Å². The number of hydrogen-bond acceptors (Lipinski definition) is 2. The molecule has 0 saturated heterocycles. The molecular weight excluding hydrogens is 224 g/mol. The summed E-state index contributed by atoms with van der Waals surface area (Å²) in [5, 5.41) is 0. The van der Waals surface area contributed by atoms with Crippen LogP contribution < -0.4 is 4.74 Å². The van der Waals surface area contributed by atoms with E-state index < -0.39 is 0 Å². The molecular formula is C15H20N2O. The van der Waals surface area contributed by atoms with E-state index in [1.165, 1.54) is 12.0 Å². The van der Waals surface area contributed by atoms with Crippen LogP contribution in [-0.4, -0.2) is 16.2 Å². The summed E-state index contributed by atoms with van der Waals surface area (Å²) in [6, 6.07) is 8.38. The number of benzene rings is 1. The number of nitrogens with zero attached hydrogens (tertiary/aromatic N) is 2. The number of aromatic nitrogens is 2. The second-order valence-corrected chi connectivity index (χ2v) is 4.40. The summed E-state index contributed by atoms with van der Waals surface area (Å²) in [7, 11) is 0. The number of imidazole rings is 1. The molecule has 0 saturated carbocycles. The fourth-order valence-electron chi connectivity index (χ4n) is 1.94. The Labute approximate surface area is 108 Å². The van der Waals surface area contributed by atoms with Gasteiger partial charge in [-0.2, -0.15) is 0 Å². The maximum Gasteiger partial charge on any atom is 0.119 e. The third kappa shape index (κ3) is 3.91. The Kier molecular flexibility index (Phi) is 4.82. The molecule has 3 nitrogen and oxygen atoms in total. The van der Waals surface area contributed by atoms with E-state index in [1.54, 1.807) is 6.20 Å². The van der Waals surface area contributed by atoms with Crippen molar-refractivity contribution in [3.63, 3.8) is 0 Å². The van der Waals surface area contributed by atoms with Gasteiger partial charge >= 0.3 is 0 Å². The molecule has 0 amide bonds. The van der Waals surface area contributed by atoms with Crippen LogP contribution >= 0.6 is 0 Å². The van der Waals surface area contributed by atoms with Crippen LogP contribution in [0.25, 0.3) is 0 Å². The first-order valence-electron chi connectivity index (χ1n) is 6.56. The van der Waals surface area contributed by atoms with E-state index in [0.29, 0.717) is 0 Å². The van der Waals surface area contributed by atoms with Gasteiger partial charge in [-0.15, -0.1) is 0 Å². The molecule has 3 heteroatoms. The largest absolute Gasteiger partial charge is 0.494 e. The summed E-state index contributed by atoms with van der Waals surface area (Å²) in [4.78, 5) is 4.01. The molecule has 1 aromatic heterocycles. The minimum atomic E-state index is 0.744. The molecule has 0 atom stereocenters. The van der Waals surface area contributed by atoms with Gasteiger partial charge in [0.25, 0.3) is 0 Å².